The van der Waals surface area contributed by atoms with Crippen LogP contribution in [0, 0.1) is 6.92 Å². The lowest BCUT2D eigenvalue weighted by molar-refractivity contribution is -0.118. The molecule has 0 atom stereocenters. The van der Waals surface area contributed by atoms with E-state index in [0.29, 0.717) is 29.4 Å². The number of carbonyl (C=O) groups is 2. The van der Waals surface area contributed by atoms with Crippen molar-refractivity contribution in [1.29, 1.82) is 0 Å². The second-order valence-corrected chi connectivity index (χ2v) is 7.52. The van der Waals surface area contributed by atoms with Crippen molar-refractivity contribution >= 4 is 23.3 Å². The van der Waals surface area contributed by atoms with Crippen LogP contribution < -0.4 is 15.4 Å². The van der Waals surface area contributed by atoms with E-state index < -0.39 is 0 Å². The van der Waals surface area contributed by atoms with E-state index in [1.807, 2.05) is 43.3 Å². The smallest absolute Gasteiger partial charge is 0.263 e. The largest absolute Gasteiger partial charge is 0.483 e. The molecule has 0 saturated heterocycles. The molecule has 0 saturated carbocycles. The van der Waals surface area contributed by atoms with E-state index in [4.69, 9.17) is 4.74 Å². The van der Waals surface area contributed by atoms with Crippen LogP contribution in [0.3, 0.4) is 0 Å². The molecule has 7 nitrogen and oxygen atoms in total. The van der Waals surface area contributed by atoms with Gasteiger partial charge in [-0.3, -0.25) is 9.59 Å². The molecule has 2 N–H and O–H groups in total. The number of hydrogen-bond donors (Lipinski definition) is 2. The number of ether oxygens (including phenoxy) is 1. The molecule has 4 rings (SSSR count). The lowest BCUT2D eigenvalue weighted by Crippen LogP contribution is -2.23. The van der Waals surface area contributed by atoms with Crippen LogP contribution >= 0.6 is 0 Å². The van der Waals surface area contributed by atoms with E-state index in [1.54, 1.807) is 53.3 Å². The number of nitrogens with one attached hydrogen (secondary N) is 2. The standard InChI is InChI=1S/C26H24N4O3/c1-19-8-7-9-20(16-19)17-30-24(14-15-27-30)29-25(31)18-33-23-13-6-5-12-22(23)26(32)28-21-10-3-2-4-11-21/h2-16H,17-18H2,1H3,(H,28,32)(H,29,31). The molecular formula is C26H24N4O3. The van der Waals surface area contributed by atoms with Gasteiger partial charge in [0.15, 0.2) is 6.61 Å². The predicted octanol–water partition coefficient (Wildman–Crippen LogP) is 4.51. The number of hydrogen-bond acceptors (Lipinski definition) is 4. The summed E-state index contributed by atoms with van der Waals surface area (Å²) in [5.41, 5.74) is 3.27. The SMILES string of the molecule is Cc1cccc(Cn2nccc2NC(=O)COc2ccccc2C(=O)Nc2ccccc2)c1. The molecule has 7 heteroatoms. The molecule has 0 aliphatic carbocycles. The van der Waals surface area contributed by atoms with Crippen LogP contribution in [0.15, 0.2) is 91.1 Å². The third-order valence-corrected chi connectivity index (χ3v) is 4.92. The fourth-order valence-corrected chi connectivity index (χ4v) is 3.37. The van der Waals surface area contributed by atoms with Crippen LogP contribution in [0.1, 0.15) is 21.5 Å². The molecule has 166 valence electrons. The van der Waals surface area contributed by atoms with Crippen molar-refractivity contribution in [3.05, 3.63) is 108 Å². The van der Waals surface area contributed by atoms with Gasteiger partial charge in [-0.1, -0.05) is 60.2 Å². The van der Waals surface area contributed by atoms with E-state index in [2.05, 4.69) is 21.8 Å². The van der Waals surface area contributed by atoms with Gasteiger partial charge in [0.05, 0.1) is 18.3 Å². The molecule has 0 spiro atoms. The molecule has 2 amide bonds. The summed E-state index contributed by atoms with van der Waals surface area (Å²) in [7, 11) is 0. The van der Waals surface area contributed by atoms with E-state index in [0.717, 1.165) is 11.1 Å². The van der Waals surface area contributed by atoms with Crippen LogP contribution in [-0.2, 0) is 11.3 Å². The topological polar surface area (TPSA) is 85.2 Å². The molecule has 0 aliphatic heterocycles. The number of aromatic nitrogens is 2. The highest BCUT2D eigenvalue weighted by Crippen LogP contribution is 2.20. The summed E-state index contributed by atoms with van der Waals surface area (Å²) in [6.45, 7) is 2.32. The second-order valence-electron chi connectivity index (χ2n) is 7.52. The Morgan fingerprint density at radius 1 is 0.909 bits per heavy atom. The molecule has 0 bridgehead atoms. The van der Waals surface area contributed by atoms with Gasteiger partial charge in [0.25, 0.3) is 11.8 Å². The predicted molar refractivity (Wildman–Crippen MR) is 127 cm³/mol. The van der Waals surface area contributed by atoms with E-state index in [-0.39, 0.29) is 18.4 Å². The normalized spacial score (nSPS) is 10.5. The zero-order valence-corrected chi connectivity index (χ0v) is 18.2. The van der Waals surface area contributed by atoms with Crippen LogP contribution in [0.25, 0.3) is 0 Å². The number of benzene rings is 3. The highest BCUT2D eigenvalue weighted by atomic mass is 16.5. The van der Waals surface area contributed by atoms with Crippen molar-refractivity contribution in [3.8, 4) is 5.75 Å². The number of para-hydroxylation sites is 2. The van der Waals surface area contributed by atoms with Crippen molar-refractivity contribution in [2.75, 3.05) is 17.2 Å². The third-order valence-electron chi connectivity index (χ3n) is 4.92. The van der Waals surface area contributed by atoms with E-state index in [9.17, 15) is 9.59 Å². The Balaban J connectivity index is 1.37. The minimum atomic E-state index is -0.348. The zero-order chi connectivity index (χ0) is 23.0. The van der Waals surface area contributed by atoms with Gasteiger partial charge in [-0.2, -0.15) is 5.10 Å². The Hall–Kier alpha value is -4.39. The summed E-state index contributed by atoms with van der Waals surface area (Å²) in [5.74, 6) is 0.238. The Morgan fingerprint density at radius 2 is 1.70 bits per heavy atom. The Labute approximate surface area is 192 Å². The Bertz CT molecular complexity index is 1250. The van der Waals surface area contributed by atoms with Gasteiger partial charge < -0.3 is 15.4 Å². The average molecular weight is 441 g/mol. The zero-order valence-electron chi connectivity index (χ0n) is 18.2. The molecule has 0 aliphatic rings. The summed E-state index contributed by atoms with van der Waals surface area (Å²) < 4.78 is 7.39. The Morgan fingerprint density at radius 3 is 2.52 bits per heavy atom. The minimum Gasteiger partial charge on any atom is -0.483 e. The maximum Gasteiger partial charge on any atom is 0.263 e. The second kappa shape index (κ2) is 10.3. The minimum absolute atomic E-state index is 0.245. The number of amides is 2. The van der Waals surface area contributed by atoms with Crippen LogP contribution in [0.5, 0.6) is 5.75 Å². The van der Waals surface area contributed by atoms with Crippen LogP contribution in [0.4, 0.5) is 11.5 Å². The third kappa shape index (κ3) is 5.86. The van der Waals surface area contributed by atoms with Crippen molar-refractivity contribution in [3.63, 3.8) is 0 Å². The maximum atomic E-state index is 12.7. The van der Waals surface area contributed by atoms with Crippen molar-refractivity contribution in [2.24, 2.45) is 0 Å². The average Bonchev–Trinajstić information content (AvgIpc) is 3.24. The number of aryl methyl sites for hydroxylation is 1. The highest BCUT2D eigenvalue weighted by molar-refractivity contribution is 6.06. The van der Waals surface area contributed by atoms with E-state index in [1.165, 1.54) is 0 Å². The number of carbonyl (C=O) groups excluding carboxylic acids is 2. The van der Waals surface area contributed by atoms with Gasteiger partial charge in [0.2, 0.25) is 0 Å². The van der Waals surface area contributed by atoms with Crippen LogP contribution in [-0.4, -0.2) is 28.2 Å². The Kier molecular flexibility index (Phi) is 6.80. The molecular weight excluding hydrogens is 416 g/mol. The molecule has 0 radical (unpaired) electrons. The van der Waals surface area contributed by atoms with Crippen molar-refractivity contribution < 1.29 is 14.3 Å². The van der Waals surface area contributed by atoms with Gasteiger partial charge in [-0.15, -0.1) is 0 Å². The molecule has 1 aromatic heterocycles. The van der Waals surface area contributed by atoms with Crippen molar-refractivity contribution in [1.82, 2.24) is 9.78 Å². The first-order valence-electron chi connectivity index (χ1n) is 10.5. The summed E-state index contributed by atoms with van der Waals surface area (Å²) in [6.07, 6.45) is 1.63. The van der Waals surface area contributed by atoms with Crippen LogP contribution in [0.2, 0.25) is 0 Å². The van der Waals surface area contributed by atoms with Crippen molar-refractivity contribution in [2.45, 2.75) is 13.5 Å². The maximum absolute atomic E-state index is 12.7. The van der Waals surface area contributed by atoms with E-state index >= 15 is 0 Å². The van der Waals surface area contributed by atoms with Gasteiger partial charge in [0, 0.05) is 11.8 Å². The summed E-state index contributed by atoms with van der Waals surface area (Å²) in [5, 5.41) is 9.94. The van der Waals surface area contributed by atoms with Gasteiger partial charge >= 0.3 is 0 Å². The highest BCUT2D eigenvalue weighted by Gasteiger charge is 2.14. The lowest BCUT2D eigenvalue weighted by atomic mass is 10.1. The molecule has 33 heavy (non-hydrogen) atoms. The monoisotopic (exact) mass is 440 g/mol. The fraction of sp³-hybridized carbons (Fsp3) is 0.115. The first kappa shape index (κ1) is 21.8. The van der Waals surface area contributed by atoms with Gasteiger partial charge in [-0.05, 0) is 36.8 Å². The summed E-state index contributed by atoms with van der Waals surface area (Å²) in [4.78, 5) is 25.2. The lowest BCUT2D eigenvalue weighted by Gasteiger charge is -2.13. The molecule has 1 heterocycles. The first-order chi connectivity index (χ1) is 16.1. The van der Waals surface area contributed by atoms with Gasteiger partial charge in [-0.25, -0.2) is 4.68 Å². The molecule has 3 aromatic carbocycles. The molecule has 0 unspecified atom stereocenters. The number of rotatable bonds is 8. The van der Waals surface area contributed by atoms with Gasteiger partial charge in [0.1, 0.15) is 11.6 Å². The number of anilines is 2. The molecule has 4 aromatic rings. The summed E-state index contributed by atoms with van der Waals surface area (Å²) >= 11 is 0. The molecule has 0 fully saturated rings. The summed E-state index contributed by atoms with van der Waals surface area (Å²) in [6, 6.07) is 25.8. The quantitative estimate of drug-likeness (QED) is 0.422. The number of nitrogens with zero attached hydrogens (tertiary/aromatic N) is 2. The first-order valence-corrected chi connectivity index (χ1v) is 10.5. The fourth-order valence-electron chi connectivity index (χ4n) is 3.37.